The van der Waals surface area contributed by atoms with Crippen LogP contribution < -0.4 is 5.32 Å². The fourth-order valence-corrected chi connectivity index (χ4v) is 2.26. The van der Waals surface area contributed by atoms with Gasteiger partial charge in [0.2, 0.25) is 0 Å². The third kappa shape index (κ3) is 6.39. The lowest BCUT2D eigenvalue weighted by Gasteiger charge is -2.29. The summed E-state index contributed by atoms with van der Waals surface area (Å²) >= 11 is 0. The molecule has 0 aromatic carbocycles. The SMILES string of the molecule is COC1CCCC(OCC(C)CNC(C)C)C1. The molecule has 0 bridgehead atoms. The molecular formula is C14H29NO2. The van der Waals surface area contributed by atoms with Gasteiger partial charge in [-0.1, -0.05) is 20.8 Å². The van der Waals surface area contributed by atoms with Gasteiger partial charge in [0.05, 0.1) is 18.8 Å². The van der Waals surface area contributed by atoms with Crippen LogP contribution in [-0.2, 0) is 9.47 Å². The van der Waals surface area contributed by atoms with Gasteiger partial charge in [-0.2, -0.15) is 0 Å². The fraction of sp³-hybridized carbons (Fsp3) is 1.00. The summed E-state index contributed by atoms with van der Waals surface area (Å²) in [5.41, 5.74) is 0. The molecule has 1 N–H and O–H groups in total. The van der Waals surface area contributed by atoms with Crippen LogP contribution in [0.4, 0.5) is 0 Å². The van der Waals surface area contributed by atoms with E-state index in [0.717, 1.165) is 19.6 Å². The van der Waals surface area contributed by atoms with E-state index in [0.29, 0.717) is 24.2 Å². The standard InChI is InChI=1S/C14H29NO2/c1-11(2)15-9-12(3)10-17-14-7-5-6-13(8-14)16-4/h11-15H,5-10H2,1-4H3. The van der Waals surface area contributed by atoms with E-state index >= 15 is 0 Å². The van der Waals surface area contributed by atoms with E-state index < -0.39 is 0 Å². The highest BCUT2D eigenvalue weighted by Gasteiger charge is 2.22. The van der Waals surface area contributed by atoms with Crippen LogP contribution in [0, 0.1) is 5.92 Å². The van der Waals surface area contributed by atoms with Crippen LogP contribution in [0.2, 0.25) is 0 Å². The third-order valence-electron chi connectivity index (χ3n) is 3.40. The minimum absolute atomic E-state index is 0.412. The van der Waals surface area contributed by atoms with E-state index in [1.807, 2.05) is 7.11 Å². The molecule has 3 atom stereocenters. The van der Waals surface area contributed by atoms with Crippen molar-refractivity contribution in [3.63, 3.8) is 0 Å². The predicted molar refractivity (Wildman–Crippen MR) is 71.3 cm³/mol. The Kier molecular flexibility index (Phi) is 7.09. The van der Waals surface area contributed by atoms with Crippen LogP contribution in [-0.4, -0.2) is 38.5 Å². The first-order chi connectivity index (χ1) is 8.11. The Morgan fingerprint density at radius 2 is 1.88 bits per heavy atom. The van der Waals surface area contributed by atoms with Gasteiger partial charge < -0.3 is 14.8 Å². The van der Waals surface area contributed by atoms with Gasteiger partial charge in [-0.15, -0.1) is 0 Å². The predicted octanol–water partition coefficient (Wildman–Crippen LogP) is 2.59. The topological polar surface area (TPSA) is 30.5 Å². The van der Waals surface area contributed by atoms with Crippen molar-refractivity contribution in [2.24, 2.45) is 5.92 Å². The van der Waals surface area contributed by atoms with E-state index in [1.54, 1.807) is 0 Å². The lowest BCUT2D eigenvalue weighted by Crippen LogP contribution is -2.32. The number of nitrogens with one attached hydrogen (secondary N) is 1. The van der Waals surface area contributed by atoms with Gasteiger partial charge in [0.1, 0.15) is 0 Å². The zero-order valence-corrected chi connectivity index (χ0v) is 11.9. The van der Waals surface area contributed by atoms with Crippen LogP contribution in [0.1, 0.15) is 46.5 Å². The summed E-state index contributed by atoms with van der Waals surface area (Å²) in [5.74, 6) is 0.584. The van der Waals surface area contributed by atoms with Gasteiger partial charge in [0, 0.05) is 19.7 Å². The lowest BCUT2D eigenvalue weighted by molar-refractivity contribution is -0.0383. The van der Waals surface area contributed by atoms with E-state index in [1.165, 1.54) is 19.3 Å². The van der Waals surface area contributed by atoms with E-state index in [4.69, 9.17) is 9.47 Å². The van der Waals surface area contributed by atoms with Crippen molar-refractivity contribution in [3.8, 4) is 0 Å². The molecule has 3 nitrogen and oxygen atoms in total. The van der Waals surface area contributed by atoms with E-state index in [-0.39, 0.29) is 0 Å². The Bertz CT molecular complexity index is 197. The molecule has 0 heterocycles. The molecule has 1 aliphatic carbocycles. The molecule has 3 heteroatoms. The Morgan fingerprint density at radius 3 is 2.53 bits per heavy atom. The Labute approximate surface area is 106 Å². The average Bonchev–Trinajstić information content (AvgIpc) is 2.34. The van der Waals surface area contributed by atoms with E-state index in [2.05, 4.69) is 26.1 Å². The van der Waals surface area contributed by atoms with Gasteiger partial charge in [0.25, 0.3) is 0 Å². The number of methoxy groups -OCH3 is 1. The molecule has 17 heavy (non-hydrogen) atoms. The van der Waals surface area contributed by atoms with Gasteiger partial charge >= 0.3 is 0 Å². The Balaban J connectivity index is 2.12. The van der Waals surface area contributed by atoms with Gasteiger partial charge in [0.15, 0.2) is 0 Å². The minimum atomic E-state index is 0.412. The van der Waals surface area contributed by atoms with Crippen molar-refractivity contribution in [2.45, 2.75) is 64.7 Å². The average molecular weight is 243 g/mol. The van der Waals surface area contributed by atoms with Crippen molar-refractivity contribution in [2.75, 3.05) is 20.3 Å². The zero-order chi connectivity index (χ0) is 12.7. The maximum absolute atomic E-state index is 5.99. The normalized spacial score (nSPS) is 27.4. The van der Waals surface area contributed by atoms with Gasteiger partial charge in [-0.3, -0.25) is 0 Å². The molecule has 1 aliphatic rings. The number of hydrogen-bond donors (Lipinski definition) is 1. The summed E-state index contributed by atoms with van der Waals surface area (Å²) < 4.78 is 11.4. The van der Waals surface area contributed by atoms with Crippen molar-refractivity contribution in [1.82, 2.24) is 5.32 Å². The summed E-state index contributed by atoms with van der Waals surface area (Å²) in [6.45, 7) is 8.50. The molecule has 3 unspecified atom stereocenters. The summed E-state index contributed by atoms with van der Waals surface area (Å²) in [6, 6.07) is 0.560. The maximum Gasteiger partial charge on any atom is 0.0600 e. The highest BCUT2D eigenvalue weighted by molar-refractivity contribution is 4.74. The second-order valence-corrected chi connectivity index (χ2v) is 5.65. The molecule has 0 aromatic rings. The highest BCUT2D eigenvalue weighted by atomic mass is 16.5. The second kappa shape index (κ2) is 8.06. The van der Waals surface area contributed by atoms with Crippen LogP contribution in [0.25, 0.3) is 0 Å². The van der Waals surface area contributed by atoms with Gasteiger partial charge in [-0.05, 0) is 31.6 Å². The molecule has 0 radical (unpaired) electrons. The molecule has 1 fully saturated rings. The quantitative estimate of drug-likeness (QED) is 0.745. The smallest absolute Gasteiger partial charge is 0.0600 e. The van der Waals surface area contributed by atoms with Crippen LogP contribution in [0.5, 0.6) is 0 Å². The fourth-order valence-electron chi connectivity index (χ4n) is 2.26. The molecule has 1 saturated carbocycles. The van der Waals surface area contributed by atoms with Crippen molar-refractivity contribution in [1.29, 1.82) is 0 Å². The van der Waals surface area contributed by atoms with Crippen LogP contribution in [0.3, 0.4) is 0 Å². The molecule has 0 amide bonds. The first-order valence-corrected chi connectivity index (χ1v) is 6.99. The van der Waals surface area contributed by atoms with Crippen LogP contribution >= 0.6 is 0 Å². The van der Waals surface area contributed by atoms with Crippen LogP contribution in [0.15, 0.2) is 0 Å². The summed E-state index contributed by atoms with van der Waals surface area (Å²) in [4.78, 5) is 0. The largest absolute Gasteiger partial charge is 0.381 e. The number of hydrogen-bond acceptors (Lipinski definition) is 3. The molecular weight excluding hydrogens is 214 g/mol. The number of ether oxygens (including phenoxy) is 2. The third-order valence-corrected chi connectivity index (χ3v) is 3.40. The lowest BCUT2D eigenvalue weighted by atomic mass is 9.95. The van der Waals surface area contributed by atoms with Gasteiger partial charge in [-0.25, -0.2) is 0 Å². The van der Waals surface area contributed by atoms with Crippen molar-refractivity contribution >= 4 is 0 Å². The molecule has 0 spiro atoms. The molecule has 0 aromatic heterocycles. The first kappa shape index (κ1) is 14.9. The maximum atomic E-state index is 5.99. The first-order valence-electron chi connectivity index (χ1n) is 6.99. The summed E-state index contributed by atoms with van der Waals surface area (Å²) in [5, 5.41) is 3.45. The molecule has 1 rings (SSSR count). The van der Waals surface area contributed by atoms with Crippen molar-refractivity contribution < 1.29 is 9.47 Å². The molecule has 0 aliphatic heterocycles. The zero-order valence-electron chi connectivity index (χ0n) is 11.9. The minimum Gasteiger partial charge on any atom is -0.381 e. The second-order valence-electron chi connectivity index (χ2n) is 5.65. The summed E-state index contributed by atoms with van der Waals surface area (Å²) in [7, 11) is 1.81. The Morgan fingerprint density at radius 1 is 1.18 bits per heavy atom. The highest BCUT2D eigenvalue weighted by Crippen LogP contribution is 2.23. The molecule has 102 valence electrons. The van der Waals surface area contributed by atoms with E-state index in [9.17, 15) is 0 Å². The number of rotatable bonds is 7. The monoisotopic (exact) mass is 243 g/mol. The Hall–Kier alpha value is -0.120. The molecule has 0 saturated heterocycles. The summed E-state index contributed by atoms with van der Waals surface area (Å²) in [6.07, 6.45) is 5.53. The van der Waals surface area contributed by atoms with Crippen molar-refractivity contribution in [3.05, 3.63) is 0 Å².